The highest BCUT2D eigenvalue weighted by Crippen LogP contribution is 2.05. The standard InChI is InChI=1S/C12H28O4Si4/c1-10(2)7-17-14-20(13,15-18-8-11(3)4)16-19-9-12(5)6/h7-9,13H,17-19H2,1-6H3. The van der Waals surface area contributed by atoms with Crippen LogP contribution >= 0.6 is 0 Å². The molecule has 0 amide bonds. The van der Waals surface area contributed by atoms with Crippen LogP contribution in [0, 0.1) is 0 Å². The van der Waals surface area contributed by atoms with Crippen LogP contribution < -0.4 is 0 Å². The van der Waals surface area contributed by atoms with Crippen molar-refractivity contribution in [1.29, 1.82) is 0 Å². The predicted octanol–water partition coefficient (Wildman–Crippen LogP) is 0.487. The molecule has 0 unspecified atom stereocenters. The lowest BCUT2D eigenvalue weighted by molar-refractivity contribution is 0.163. The van der Waals surface area contributed by atoms with E-state index in [1.165, 1.54) is 16.7 Å². The van der Waals surface area contributed by atoms with Crippen molar-refractivity contribution in [3.63, 3.8) is 0 Å². The first-order valence-corrected chi connectivity index (χ1v) is 12.6. The summed E-state index contributed by atoms with van der Waals surface area (Å²) >= 11 is 0. The van der Waals surface area contributed by atoms with Crippen LogP contribution in [0.4, 0.5) is 0 Å². The molecule has 116 valence electrons. The first kappa shape index (κ1) is 19.9. The maximum atomic E-state index is 10.4. The lowest BCUT2D eigenvalue weighted by atomic mass is 10.4. The highest BCUT2D eigenvalue weighted by Gasteiger charge is 2.38. The Morgan fingerprint density at radius 3 is 1.15 bits per heavy atom. The molecular weight excluding hydrogens is 320 g/mol. The zero-order valence-corrected chi connectivity index (χ0v) is 18.8. The van der Waals surface area contributed by atoms with Gasteiger partial charge < -0.3 is 17.1 Å². The fourth-order valence-corrected chi connectivity index (χ4v) is 8.84. The number of rotatable bonds is 9. The second kappa shape index (κ2) is 10.6. The molecule has 0 rings (SSSR count). The van der Waals surface area contributed by atoms with E-state index in [0.29, 0.717) is 0 Å². The van der Waals surface area contributed by atoms with Crippen LogP contribution in [0.1, 0.15) is 41.5 Å². The van der Waals surface area contributed by atoms with E-state index in [1.807, 2.05) is 41.5 Å². The van der Waals surface area contributed by atoms with Gasteiger partial charge >= 0.3 is 9.05 Å². The summed E-state index contributed by atoms with van der Waals surface area (Å²) in [6, 6.07) is 0. The van der Waals surface area contributed by atoms with Gasteiger partial charge in [0.05, 0.1) is 0 Å². The maximum Gasteiger partial charge on any atom is 0.644 e. The Balaban J connectivity index is 4.52. The molecule has 0 atom stereocenters. The Morgan fingerprint density at radius 1 is 0.700 bits per heavy atom. The van der Waals surface area contributed by atoms with Gasteiger partial charge in [-0.2, -0.15) is 0 Å². The van der Waals surface area contributed by atoms with Gasteiger partial charge in [0.15, 0.2) is 29.3 Å². The average Bonchev–Trinajstić information content (AvgIpc) is 2.27. The summed E-state index contributed by atoms with van der Waals surface area (Å²) in [6.45, 7) is 12.1. The molecule has 1 N–H and O–H groups in total. The van der Waals surface area contributed by atoms with Crippen molar-refractivity contribution in [3.05, 3.63) is 33.8 Å². The van der Waals surface area contributed by atoms with Crippen molar-refractivity contribution in [2.24, 2.45) is 0 Å². The van der Waals surface area contributed by atoms with Crippen LogP contribution in [-0.2, 0) is 12.3 Å². The van der Waals surface area contributed by atoms with E-state index in [0.717, 1.165) is 0 Å². The number of hydrogen-bond donors (Lipinski definition) is 1. The largest absolute Gasteiger partial charge is 0.644 e. The van der Waals surface area contributed by atoms with Crippen LogP contribution in [0.25, 0.3) is 0 Å². The Kier molecular flexibility index (Phi) is 10.6. The van der Waals surface area contributed by atoms with Gasteiger partial charge in [0.1, 0.15) is 0 Å². The van der Waals surface area contributed by atoms with E-state index >= 15 is 0 Å². The van der Waals surface area contributed by atoms with Crippen LogP contribution in [0.15, 0.2) is 33.8 Å². The molecule has 0 spiro atoms. The van der Waals surface area contributed by atoms with Crippen LogP contribution in [0.2, 0.25) is 0 Å². The number of hydrogen-bond acceptors (Lipinski definition) is 4. The summed E-state index contributed by atoms with van der Waals surface area (Å²) in [5.74, 6) is 0. The predicted molar refractivity (Wildman–Crippen MR) is 95.2 cm³/mol. The Bertz CT molecular complexity index is 313. The maximum absolute atomic E-state index is 10.4. The lowest BCUT2D eigenvalue weighted by Crippen LogP contribution is -2.48. The smallest absolute Gasteiger partial charge is 0.397 e. The average molecular weight is 349 g/mol. The van der Waals surface area contributed by atoms with Gasteiger partial charge in [0.2, 0.25) is 0 Å². The zero-order chi connectivity index (χ0) is 15.6. The van der Waals surface area contributed by atoms with Crippen molar-refractivity contribution in [2.45, 2.75) is 41.5 Å². The van der Waals surface area contributed by atoms with E-state index in [4.69, 9.17) is 12.3 Å². The van der Waals surface area contributed by atoms with Gasteiger partial charge in [-0.1, -0.05) is 33.8 Å². The first-order valence-electron chi connectivity index (χ1n) is 6.79. The normalized spacial score (nSPS) is 15.2. The second-order valence-electron chi connectivity index (χ2n) is 5.30. The van der Waals surface area contributed by atoms with E-state index in [1.54, 1.807) is 0 Å². The topological polar surface area (TPSA) is 47.9 Å². The molecule has 0 radical (unpaired) electrons. The Morgan fingerprint density at radius 2 is 0.950 bits per heavy atom. The minimum Gasteiger partial charge on any atom is -0.397 e. The summed E-state index contributed by atoms with van der Waals surface area (Å²) in [5.41, 5.74) is 9.77. The molecule has 0 aromatic rings. The molecule has 0 fully saturated rings. The van der Waals surface area contributed by atoms with Gasteiger partial charge in [-0.05, 0) is 41.5 Å². The van der Waals surface area contributed by atoms with Gasteiger partial charge in [-0.25, -0.2) is 0 Å². The summed E-state index contributed by atoms with van der Waals surface area (Å²) in [7, 11) is -6.20. The molecule has 8 heteroatoms. The third-order valence-corrected chi connectivity index (χ3v) is 11.6. The van der Waals surface area contributed by atoms with Gasteiger partial charge in [-0.3, -0.25) is 0 Å². The van der Waals surface area contributed by atoms with E-state index < -0.39 is 38.3 Å². The van der Waals surface area contributed by atoms with E-state index in [-0.39, 0.29) is 0 Å². The zero-order valence-electron chi connectivity index (χ0n) is 13.5. The summed E-state index contributed by atoms with van der Waals surface area (Å²) in [4.78, 5) is 10.4. The molecule has 0 aromatic heterocycles. The van der Waals surface area contributed by atoms with Crippen molar-refractivity contribution < 1.29 is 17.1 Å². The summed E-state index contributed by atoms with van der Waals surface area (Å²) < 4.78 is 16.9. The van der Waals surface area contributed by atoms with Crippen molar-refractivity contribution in [1.82, 2.24) is 0 Å². The molecule has 0 heterocycles. The lowest BCUT2D eigenvalue weighted by Gasteiger charge is -2.23. The van der Waals surface area contributed by atoms with Gasteiger partial charge in [0.25, 0.3) is 0 Å². The molecule has 0 aliphatic heterocycles. The molecule has 0 saturated heterocycles. The van der Waals surface area contributed by atoms with Crippen molar-refractivity contribution in [3.8, 4) is 0 Å². The third-order valence-electron chi connectivity index (χ3n) is 2.27. The Labute approximate surface area is 131 Å². The minimum atomic E-state index is -3.40. The molecule has 20 heavy (non-hydrogen) atoms. The van der Waals surface area contributed by atoms with Gasteiger partial charge in [-0.15, -0.1) is 0 Å². The van der Waals surface area contributed by atoms with E-state index in [9.17, 15) is 4.80 Å². The fourth-order valence-electron chi connectivity index (χ4n) is 1.07. The quantitative estimate of drug-likeness (QED) is 0.616. The highest BCUT2D eigenvalue weighted by molar-refractivity contribution is 6.69. The molecule has 4 nitrogen and oxygen atoms in total. The SMILES string of the molecule is CC(C)=C[SiH2]O[Si](O)(O[SiH2]C=C(C)C)O[SiH2]C=C(C)C. The van der Waals surface area contributed by atoms with Gasteiger partial charge in [0, 0.05) is 0 Å². The van der Waals surface area contributed by atoms with Crippen molar-refractivity contribution >= 4 is 38.3 Å². The minimum absolute atomic E-state index is 0.932. The molecule has 0 aliphatic rings. The molecule has 0 aromatic carbocycles. The third kappa shape index (κ3) is 11.7. The summed E-state index contributed by atoms with van der Waals surface area (Å²) in [6.07, 6.45) is 0. The van der Waals surface area contributed by atoms with Crippen molar-refractivity contribution in [2.75, 3.05) is 0 Å². The fraction of sp³-hybridized carbons (Fsp3) is 0.500. The van der Waals surface area contributed by atoms with Crippen LogP contribution in [0.3, 0.4) is 0 Å². The van der Waals surface area contributed by atoms with Crippen LogP contribution in [0.5, 0.6) is 0 Å². The molecule has 0 aliphatic carbocycles. The Hall–Kier alpha value is -0.0725. The molecular formula is C12H28O4Si4. The molecule has 0 bridgehead atoms. The van der Waals surface area contributed by atoms with E-state index in [2.05, 4.69) is 17.1 Å². The monoisotopic (exact) mass is 348 g/mol. The second-order valence-corrected chi connectivity index (χ2v) is 12.0. The first-order chi connectivity index (χ1) is 9.25. The highest BCUT2D eigenvalue weighted by atomic mass is 28.5. The molecule has 0 saturated carbocycles. The van der Waals surface area contributed by atoms with Crippen LogP contribution in [-0.4, -0.2) is 43.1 Å². The number of allylic oxidation sites excluding steroid dienone is 3. The summed E-state index contributed by atoms with van der Waals surface area (Å²) in [5, 5.41) is 0.